The molecule has 1 saturated heterocycles. The van der Waals surface area contributed by atoms with Crippen LogP contribution in [-0.2, 0) is 4.74 Å². The lowest BCUT2D eigenvalue weighted by atomic mass is 10.1. The molecule has 2 heterocycles. The first-order chi connectivity index (χ1) is 14.0. The van der Waals surface area contributed by atoms with Gasteiger partial charge < -0.3 is 19.9 Å². The predicted molar refractivity (Wildman–Crippen MR) is 111 cm³/mol. The Balaban J connectivity index is 1.79. The van der Waals surface area contributed by atoms with Crippen molar-refractivity contribution in [2.75, 3.05) is 49.5 Å². The van der Waals surface area contributed by atoms with Crippen molar-refractivity contribution in [1.82, 2.24) is 14.9 Å². The topological polar surface area (TPSA) is 87.7 Å². The van der Waals surface area contributed by atoms with E-state index in [4.69, 9.17) is 4.74 Å². The van der Waals surface area contributed by atoms with Crippen LogP contribution in [0, 0.1) is 6.92 Å². The third kappa shape index (κ3) is 5.08. The van der Waals surface area contributed by atoms with Crippen LogP contribution in [0.2, 0.25) is 0 Å². The molecule has 154 valence electrons. The Labute approximate surface area is 170 Å². The van der Waals surface area contributed by atoms with Gasteiger partial charge in [0.05, 0.1) is 17.9 Å². The Morgan fingerprint density at radius 1 is 1.10 bits per heavy atom. The summed E-state index contributed by atoms with van der Waals surface area (Å²) in [4.78, 5) is 38.5. The van der Waals surface area contributed by atoms with Crippen LogP contribution in [0.3, 0.4) is 0 Å². The Kier molecular flexibility index (Phi) is 6.77. The Hall–Kier alpha value is -3.00. The second-order valence-electron chi connectivity index (χ2n) is 6.84. The highest BCUT2D eigenvalue weighted by Crippen LogP contribution is 2.18. The van der Waals surface area contributed by atoms with E-state index in [2.05, 4.69) is 32.0 Å². The molecule has 1 aromatic carbocycles. The van der Waals surface area contributed by atoms with Crippen LogP contribution >= 0.6 is 0 Å². The van der Waals surface area contributed by atoms with Crippen molar-refractivity contribution in [2.24, 2.45) is 0 Å². The van der Waals surface area contributed by atoms with E-state index in [0.717, 1.165) is 38.4 Å². The van der Waals surface area contributed by atoms with Gasteiger partial charge >= 0.3 is 5.97 Å². The van der Waals surface area contributed by atoms with Gasteiger partial charge in [0.15, 0.2) is 0 Å². The molecule has 0 bridgehead atoms. The second kappa shape index (κ2) is 9.47. The summed E-state index contributed by atoms with van der Waals surface area (Å²) in [5, 5.41) is 2.78. The smallest absolute Gasteiger partial charge is 0.340 e. The maximum Gasteiger partial charge on any atom is 0.340 e. The number of likely N-dealkylation sites (N-methyl/N-ethyl adjacent to an activating group) is 1. The number of nitrogens with zero attached hydrogens (tertiary/aromatic N) is 4. The number of ether oxygens (including phenoxy) is 1. The number of nitrogens with one attached hydrogen (secondary N) is 1. The van der Waals surface area contributed by atoms with E-state index >= 15 is 0 Å². The van der Waals surface area contributed by atoms with Crippen molar-refractivity contribution in [3.8, 4) is 0 Å². The number of piperazine rings is 1. The normalized spacial score (nSPS) is 14.5. The maximum absolute atomic E-state index is 12.9. The minimum absolute atomic E-state index is 0.265. The summed E-state index contributed by atoms with van der Waals surface area (Å²) in [6, 6.07) is 8.42. The van der Waals surface area contributed by atoms with Crippen LogP contribution in [0.15, 0.2) is 30.3 Å². The number of aromatic nitrogens is 2. The lowest BCUT2D eigenvalue weighted by molar-refractivity contribution is 0.0527. The standard InChI is InChI=1S/C21H27N5O3/c1-4-25-10-12-26(13-11-25)21-22-15(3)14-18(24-21)19(27)23-17-9-7-6-8-16(17)20(28)29-5-2/h6-9,14H,4-5,10-13H2,1-3H3,(H,23,27). The van der Waals surface area contributed by atoms with E-state index in [-0.39, 0.29) is 18.2 Å². The van der Waals surface area contributed by atoms with Crippen LogP contribution < -0.4 is 10.2 Å². The molecule has 1 amide bonds. The molecular weight excluding hydrogens is 370 g/mol. The van der Waals surface area contributed by atoms with Gasteiger partial charge in [-0.25, -0.2) is 14.8 Å². The fourth-order valence-corrected chi connectivity index (χ4v) is 3.24. The molecule has 0 unspecified atom stereocenters. The molecule has 1 fully saturated rings. The maximum atomic E-state index is 12.9. The van der Waals surface area contributed by atoms with Crippen molar-refractivity contribution in [2.45, 2.75) is 20.8 Å². The van der Waals surface area contributed by atoms with Crippen molar-refractivity contribution >= 4 is 23.5 Å². The number of carbonyl (C=O) groups is 2. The molecule has 1 N–H and O–H groups in total. The molecule has 1 aliphatic rings. The lowest BCUT2D eigenvalue weighted by Crippen LogP contribution is -2.47. The predicted octanol–water partition coefficient (Wildman–Crippen LogP) is 2.36. The average molecular weight is 397 g/mol. The number of aryl methyl sites for hydroxylation is 1. The third-order valence-corrected chi connectivity index (χ3v) is 4.85. The Morgan fingerprint density at radius 2 is 1.83 bits per heavy atom. The summed E-state index contributed by atoms with van der Waals surface area (Å²) in [6.07, 6.45) is 0. The highest BCUT2D eigenvalue weighted by molar-refractivity contribution is 6.07. The van der Waals surface area contributed by atoms with E-state index in [0.29, 0.717) is 17.2 Å². The molecule has 3 rings (SSSR count). The van der Waals surface area contributed by atoms with E-state index in [1.54, 1.807) is 37.3 Å². The summed E-state index contributed by atoms with van der Waals surface area (Å²) in [5.74, 6) is -0.304. The van der Waals surface area contributed by atoms with Gasteiger partial charge in [0, 0.05) is 31.9 Å². The summed E-state index contributed by atoms with van der Waals surface area (Å²) < 4.78 is 5.06. The van der Waals surface area contributed by atoms with Crippen molar-refractivity contribution in [1.29, 1.82) is 0 Å². The SMILES string of the molecule is CCOC(=O)c1ccccc1NC(=O)c1cc(C)nc(N2CCN(CC)CC2)n1. The van der Waals surface area contributed by atoms with Crippen molar-refractivity contribution in [3.63, 3.8) is 0 Å². The zero-order chi connectivity index (χ0) is 20.8. The van der Waals surface area contributed by atoms with Crippen LogP contribution in [0.5, 0.6) is 0 Å². The number of carbonyl (C=O) groups excluding carboxylic acids is 2. The molecule has 8 nitrogen and oxygen atoms in total. The fraction of sp³-hybridized carbons (Fsp3) is 0.429. The number of amides is 1. The van der Waals surface area contributed by atoms with Crippen molar-refractivity contribution in [3.05, 3.63) is 47.3 Å². The molecule has 0 spiro atoms. The zero-order valence-electron chi connectivity index (χ0n) is 17.1. The van der Waals surface area contributed by atoms with Gasteiger partial charge in [0.1, 0.15) is 5.69 Å². The third-order valence-electron chi connectivity index (χ3n) is 4.85. The van der Waals surface area contributed by atoms with Gasteiger partial charge in [-0.2, -0.15) is 0 Å². The number of rotatable bonds is 6. The quantitative estimate of drug-likeness (QED) is 0.749. The van der Waals surface area contributed by atoms with Gasteiger partial charge in [0.25, 0.3) is 5.91 Å². The van der Waals surface area contributed by atoms with E-state index in [9.17, 15) is 9.59 Å². The minimum Gasteiger partial charge on any atom is -0.462 e. The van der Waals surface area contributed by atoms with Crippen LogP contribution in [0.4, 0.5) is 11.6 Å². The van der Waals surface area contributed by atoms with Crippen LogP contribution in [0.1, 0.15) is 40.4 Å². The van der Waals surface area contributed by atoms with Gasteiger partial charge in [0.2, 0.25) is 5.95 Å². The molecule has 0 atom stereocenters. The number of benzene rings is 1. The van der Waals surface area contributed by atoms with Crippen molar-refractivity contribution < 1.29 is 14.3 Å². The number of anilines is 2. The summed E-state index contributed by atoms with van der Waals surface area (Å²) in [7, 11) is 0. The summed E-state index contributed by atoms with van der Waals surface area (Å²) in [5.41, 5.74) is 1.69. The van der Waals surface area contributed by atoms with E-state index in [1.165, 1.54) is 0 Å². The summed E-state index contributed by atoms with van der Waals surface area (Å²) in [6.45, 7) is 10.6. The van der Waals surface area contributed by atoms with E-state index < -0.39 is 5.97 Å². The molecular formula is C21H27N5O3. The highest BCUT2D eigenvalue weighted by atomic mass is 16.5. The van der Waals surface area contributed by atoms with Gasteiger partial charge in [-0.05, 0) is 38.6 Å². The molecule has 0 aliphatic carbocycles. The second-order valence-corrected chi connectivity index (χ2v) is 6.84. The van der Waals surface area contributed by atoms with Crippen LogP contribution in [0.25, 0.3) is 0 Å². The zero-order valence-corrected chi connectivity index (χ0v) is 17.1. The van der Waals surface area contributed by atoms with Crippen LogP contribution in [-0.4, -0.2) is 66.1 Å². The fourth-order valence-electron chi connectivity index (χ4n) is 3.24. The summed E-state index contributed by atoms with van der Waals surface area (Å²) >= 11 is 0. The highest BCUT2D eigenvalue weighted by Gasteiger charge is 2.21. The minimum atomic E-state index is -0.475. The van der Waals surface area contributed by atoms with Gasteiger partial charge in [-0.3, -0.25) is 4.79 Å². The largest absolute Gasteiger partial charge is 0.462 e. The molecule has 29 heavy (non-hydrogen) atoms. The Bertz CT molecular complexity index is 878. The monoisotopic (exact) mass is 397 g/mol. The Morgan fingerprint density at radius 3 is 2.52 bits per heavy atom. The molecule has 2 aromatic rings. The molecule has 1 aromatic heterocycles. The van der Waals surface area contributed by atoms with E-state index in [1.807, 2.05) is 6.92 Å². The van der Waals surface area contributed by atoms with Gasteiger partial charge in [-0.1, -0.05) is 19.1 Å². The first-order valence-electron chi connectivity index (χ1n) is 9.92. The number of hydrogen-bond donors (Lipinski definition) is 1. The number of hydrogen-bond acceptors (Lipinski definition) is 7. The molecule has 1 aliphatic heterocycles. The first-order valence-corrected chi connectivity index (χ1v) is 9.92. The molecule has 0 saturated carbocycles. The van der Waals surface area contributed by atoms with Gasteiger partial charge in [-0.15, -0.1) is 0 Å². The first kappa shape index (κ1) is 20.7. The molecule has 0 radical (unpaired) electrons. The number of para-hydroxylation sites is 1. The average Bonchev–Trinajstić information content (AvgIpc) is 2.74. The lowest BCUT2D eigenvalue weighted by Gasteiger charge is -2.34. The molecule has 8 heteroatoms. The number of esters is 1.